The van der Waals surface area contributed by atoms with Gasteiger partial charge >= 0.3 is 12.3 Å². The Bertz CT molecular complexity index is 1200. The molecule has 33 heavy (non-hydrogen) atoms. The van der Waals surface area contributed by atoms with Crippen molar-refractivity contribution >= 4 is 50.0 Å². The molecule has 1 aliphatic heterocycles. The molecule has 0 radical (unpaired) electrons. The highest BCUT2D eigenvalue weighted by molar-refractivity contribution is 9.10. The zero-order chi connectivity index (χ0) is 23.8. The molecule has 7 nitrogen and oxygen atoms in total. The minimum absolute atomic E-state index is 0.00259. The van der Waals surface area contributed by atoms with Crippen molar-refractivity contribution in [1.29, 1.82) is 0 Å². The fraction of sp³-hybridized carbons (Fsp3) is 0.273. The van der Waals surface area contributed by atoms with E-state index >= 15 is 0 Å². The van der Waals surface area contributed by atoms with Gasteiger partial charge in [-0.25, -0.2) is 4.79 Å². The molecule has 174 valence electrons. The van der Waals surface area contributed by atoms with E-state index in [0.29, 0.717) is 22.2 Å². The molecule has 0 unspecified atom stereocenters. The summed E-state index contributed by atoms with van der Waals surface area (Å²) in [4.78, 5) is 18.1. The molecule has 4 rings (SSSR count). The lowest BCUT2D eigenvalue weighted by Crippen LogP contribution is -2.48. The number of nitrogens with zero attached hydrogens (tertiary/aromatic N) is 3. The van der Waals surface area contributed by atoms with E-state index in [1.165, 1.54) is 17.2 Å². The molecular formula is C22H20BrF3N4O3. The van der Waals surface area contributed by atoms with Crippen LogP contribution in [0.15, 0.2) is 47.1 Å². The van der Waals surface area contributed by atoms with Crippen molar-refractivity contribution in [3.05, 3.63) is 58.2 Å². The summed E-state index contributed by atoms with van der Waals surface area (Å²) in [6.07, 6.45) is -4.21. The lowest BCUT2D eigenvalue weighted by atomic mass is 10.1. The van der Waals surface area contributed by atoms with Gasteiger partial charge in [0.2, 0.25) is 0 Å². The number of aliphatic hydroxyl groups is 1. The number of pyridine rings is 1. The maximum absolute atomic E-state index is 14.0. The van der Waals surface area contributed by atoms with Gasteiger partial charge in [0, 0.05) is 59.2 Å². The Hall–Kier alpha value is -3.05. The van der Waals surface area contributed by atoms with E-state index in [1.807, 2.05) is 0 Å². The van der Waals surface area contributed by atoms with Crippen molar-refractivity contribution in [3.8, 4) is 0 Å². The summed E-state index contributed by atoms with van der Waals surface area (Å²) in [5, 5.41) is 22.5. The predicted octanol–water partition coefficient (Wildman–Crippen LogP) is 5.05. The number of piperazine rings is 1. The van der Waals surface area contributed by atoms with E-state index in [2.05, 4.69) is 26.2 Å². The number of rotatable bonds is 4. The molecule has 0 aliphatic carbocycles. The van der Waals surface area contributed by atoms with Crippen LogP contribution in [0.25, 0.3) is 10.9 Å². The number of aliphatic hydroxyl groups excluding tert-OH is 1. The van der Waals surface area contributed by atoms with E-state index in [0.717, 1.165) is 10.5 Å². The zero-order valence-corrected chi connectivity index (χ0v) is 18.8. The van der Waals surface area contributed by atoms with Gasteiger partial charge in [-0.1, -0.05) is 15.9 Å². The van der Waals surface area contributed by atoms with Crippen molar-refractivity contribution in [3.63, 3.8) is 0 Å². The molecule has 11 heteroatoms. The zero-order valence-electron chi connectivity index (χ0n) is 17.2. The maximum atomic E-state index is 14.0. The lowest BCUT2D eigenvalue weighted by molar-refractivity contribution is -0.137. The average Bonchev–Trinajstić information content (AvgIpc) is 2.79. The summed E-state index contributed by atoms with van der Waals surface area (Å²) in [6, 6.07) is 9.32. The van der Waals surface area contributed by atoms with E-state index in [9.17, 15) is 23.1 Å². The highest BCUT2D eigenvalue weighted by atomic mass is 79.9. The smallest absolute Gasteiger partial charge is 0.418 e. The van der Waals surface area contributed by atoms with Crippen LogP contribution in [0.4, 0.5) is 35.0 Å². The fourth-order valence-electron chi connectivity index (χ4n) is 3.87. The first-order valence-electron chi connectivity index (χ1n) is 10.1. The molecular weight excluding hydrogens is 505 g/mol. The molecule has 0 saturated carbocycles. The number of benzene rings is 2. The summed E-state index contributed by atoms with van der Waals surface area (Å²) < 4.78 is 42.7. The molecule has 1 fully saturated rings. The molecule has 3 aromatic rings. The topological polar surface area (TPSA) is 88.9 Å². The normalized spacial score (nSPS) is 14.6. The monoisotopic (exact) mass is 524 g/mol. The maximum Gasteiger partial charge on any atom is 0.418 e. The Morgan fingerprint density at radius 2 is 1.85 bits per heavy atom. The standard InChI is InChI=1S/C22H20BrF3N4O3/c23-14-1-3-18-16(9-14)20(13(12-31)11-27-18)28-15-2-4-19(17(10-15)22(24,25)26)29-5-7-30(8-6-29)21(32)33/h1-4,9-11,31H,5-8,12H2,(H,27,28)(H,32,33). The number of fused-ring (bicyclic) bond motifs is 1. The second-order valence-corrected chi connectivity index (χ2v) is 8.51. The van der Waals surface area contributed by atoms with Crippen LogP contribution in [0.3, 0.4) is 0 Å². The summed E-state index contributed by atoms with van der Waals surface area (Å²) in [5.41, 5.74) is 0.936. The van der Waals surface area contributed by atoms with Crippen LogP contribution in [0.5, 0.6) is 0 Å². The van der Waals surface area contributed by atoms with Crippen LogP contribution in [-0.4, -0.2) is 52.4 Å². The second kappa shape index (κ2) is 9.06. The van der Waals surface area contributed by atoms with Gasteiger partial charge in [0.25, 0.3) is 0 Å². The minimum atomic E-state index is -4.61. The van der Waals surface area contributed by atoms with Crippen molar-refractivity contribution in [2.45, 2.75) is 12.8 Å². The lowest BCUT2D eigenvalue weighted by Gasteiger charge is -2.36. The Balaban J connectivity index is 1.71. The van der Waals surface area contributed by atoms with Crippen molar-refractivity contribution in [2.75, 3.05) is 36.4 Å². The highest BCUT2D eigenvalue weighted by Crippen LogP contribution is 2.40. The van der Waals surface area contributed by atoms with Gasteiger partial charge in [-0.3, -0.25) is 4.98 Å². The number of anilines is 3. The second-order valence-electron chi connectivity index (χ2n) is 7.59. The quantitative estimate of drug-likeness (QED) is 0.442. The van der Waals surface area contributed by atoms with Crippen LogP contribution in [-0.2, 0) is 12.8 Å². The van der Waals surface area contributed by atoms with Gasteiger partial charge < -0.3 is 25.3 Å². The highest BCUT2D eigenvalue weighted by Gasteiger charge is 2.36. The first kappa shape index (κ1) is 23.1. The van der Waals surface area contributed by atoms with Crippen LogP contribution < -0.4 is 10.2 Å². The largest absolute Gasteiger partial charge is 0.465 e. The average molecular weight is 525 g/mol. The van der Waals surface area contributed by atoms with Crippen molar-refractivity contribution in [1.82, 2.24) is 9.88 Å². The molecule has 0 atom stereocenters. The first-order valence-corrected chi connectivity index (χ1v) is 10.9. The van der Waals surface area contributed by atoms with Gasteiger partial charge in [-0.2, -0.15) is 13.2 Å². The van der Waals surface area contributed by atoms with E-state index in [4.69, 9.17) is 5.11 Å². The van der Waals surface area contributed by atoms with Crippen LogP contribution in [0.1, 0.15) is 11.1 Å². The van der Waals surface area contributed by atoms with Gasteiger partial charge in [0.15, 0.2) is 0 Å². The van der Waals surface area contributed by atoms with Gasteiger partial charge in [0.05, 0.1) is 23.4 Å². The number of hydrogen-bond donors (Lipinski definition) is 3. The van der Waals surface area contributed by atoms with Crippen LogP contribution in [0.2, 0.25) is 0 Å². The molecule has 1 aliphatic rings. The minimum Gasteiger partial charge on any atom is -0.465 e. The first-order chi connectivity index (χ1) is 15.7. The number of alkyl halides is 3. The number of hydrogen-bond acceptors (Lipinski definition) is 5. The third kappa shape index (κ3) is 4.83. The van der Waals surface area contributed by atoms with Gasteiger partial charge in [-0.15, -0.1) is 0 Å². The number of amides is 1. The predicted molar refractivity (Wildman–Crippen MR) is 122 cm³/mol. The van der Waals surface area contributed by atoms with Crippen molar-refractivity contribution < 1.29 is 28.2 Å². The Morgan fingerprint density at radius 1 is 1.12 bits per heavy atom. The number of halogens is 4. The van der Waals surface area contributed by atoms with Gasteiger partial charge in [0.1, 0.15) is 0 Å². The molecule has 2 aromatic carbocycles. The SMILES string of the molecule is O=C(O)N1CCN(c2ccc(Nc3c(CO)cnc4ccc(Br)cc34)cc2C(F)(F)F)CC1. The molecule has 1 aromatic heterocycles. The van der Waals surface area contributed by atoms with Gasteiger partial charge in [-0.05, 0) is 36.4 Å². The Morgan fingerprint density at radius 3 is 2.48 bits per heavy atom. The van der Waals surface area contributed by atoms with Crippen LogP contribution >= 0.6 is 15.9 Å². The summed E-state index contributed by atoms with van der Waals surface area (Å²) in [7, 11) is 0. The molecule has 1 saturated heterocycles. The number of aromatic nitrogens is 1. The third-order valence-corrected chi connectivity index (χ3v) is 6.03. The van der Waals surface area contributed by atoms with Crippen molar-refractivity contribution in [2.24, 2.45) is 0 Å². The van der Waals surface area contributed by atoms with E-state index < -0.39 is 17.8 Å². The molecule has 1 amide bonds. The number of carbonyl (C=O) groups is 1. The summed E-state index contributed by atoms with van der Waals surface area (Å²) in [6.45, 7) is 0.254. The summed E-state index contributed by atoms with van der Waals surface area (Å²) in [5.74, 6) is 0. The third-order valence-electron chi connectivity index (χ3n) is 5.54. The fourth-order valence-corrected chi connectivity index (χ4v) is 4.23. The van der Waals surface area contributed by atoms with E-state index in [1.54, 1.807) is 29.2 Å². The number of carboxylic acid groups (broad SMARTS) is 1. The molecule has 3 N–H and O–H groups in total. The van der Waals surface area contributed by atoms with Crippen LogP contribution in [0, 0.1) is 0 Å². The van der Waals surface area contributed by atoms with E-state index in [-0.39, 0.29) is 44.2 Å². The Labute approximate surface area is 195 Å². The molecule has 2 heterocycles. The molecule has 0 spiro atoms. The molecule has 0 bridgehead atoms. The number of nitrogens with one attached hydrogen (secondary N) is 1. The Kier molecular flexibility index (Phi) is 6.35. The summed E-state index contributed by atoms with van der Waals surface area (Å²) >= 11 is 3.39.